The molecule has 0 saturated carbocycles. The highest BCUT2D eigenvalue weighted by Gasteiger charge is 2.59. The molecule has 124 valence electrons. The average Bonchev–Trinajstić information content (AvgIpc) is 2.60. The van der Waals surface area contributed by atoms with Gasteiger partial charge >= 0.3 is 0 Å². The first-order valence-corrected chi connectivity index (χ1v) is 11.6. The van der Waals surface area contributed by atoms with Gasteiger partial charge in [0, 0.05) is 0 Å². The Hall–Kier alpha value is -0.593. The molecule has 6 heteroatoms. The molecule has 2 aliphatic rings. The van der Waals surface area contributed by atoms with Gasteiger partial charge in [0.05, 0.1) is 17.7 Å². The molecule has 2 aliphatic heterocycles. The number of fused-ring (bicyclic) bond motifs is 1. The number of thioether (sulfide) groups is 1. The first kappa shape index (κ1) is 17.8. The van der Waals surface area contributed by atoms with E-state index in [9.17, 15) is 9.59 Å². The third kappa shape index (κ3) is 2.69. The lowest BCUT2D eigenvalue weighted by Gasteiger charge is -2.47. The third-order valence-electron chi connectivity index (χ3n) is 5.01. The molecule has 0 radical (unpaired) electrons. The van der Waals surface area contributed by atoms with Gasteiger partial charge in [-0.1, -0.05) is 32.5 Å². The highest BCUT2D eigenvalue weighted by atomic mass is 32.2. The van der Waals surface area contributed by atoms with Gasteiger partial charge in [-0.25, -0.2) is 0 Å². The van der Waals surface area contributed by atoms with Crippen molar-refractivity contribution in [3.8, 4) is 0 Å². The second-order valence-corrected chi connectivity index (χ2v) is 13.8. The standard InChI is InChI=1S/C16H27NO3SSi/c1-9(2)12-15(19)21-14-11(13(18)17(12)14)10(3)20-22(7,8)16(4,5)6/h10-11,14H,1-8H3. The SMILES string of the molecule is CC(C)=C1C(=O)SC2C(C(C)O[Si](C)(C)C(C)(C)C)C(=O)N12. The van der Waals surface area contributed by atoms with Crippen molar-refractivity contribution in [2.24, 2.45) is 5.92 Å². The van der Waals surface area contributed by atoms with Crippen molar-refractivity contribution in [3.63, 3.8) is 0 Å². The highest BCUT2D eigenvalue weighted by Crippen LogP contribution is 2.50. The van der Waals surface area contributed by atoms with Gasteiger partial charge in [-0.05, 0) is 44.5 Å². The monoisotopic (exact) mass is 341 g/mol. The fraction of sp³-hybridized carbons (Fsp3) is 0.750. The molecule has 4 nitrogen and oxygen atoms in total. The number of allylic oxidation sites excluding steroid dienone is 1. The summed E-state index contributed by atoms with van der Waals surface area (Å²) in [5.74, 6) is -0.175. The number of carbonyl (C=O) groups excluding carboxylic acids is 2. The van der Waals surface area contributed by atoms with Crippen LogP contribution in [0.2, 0.25) is 18.1 Å². The summed E-state index contributed by atoms with van der Waals surface area (Å²) in [6, 6.07) is 0. The van der Waals surface area contributed by atoms with Gasteiger partial charge in [-0.15, -0.1) is 0 Å². The lowest BCUT2D eigenvalue weighted by atomic mass is 9.92. The van der Waals surface area contributed by atoms with Crippen molar-refractivity contribution in [3.05, 3.63) is 11.3 Å². The Balaban J connectivity index is 2.16. The van der Waals surface area contributed by atoms with Gasteiger partial charge in [0.1, 0.15) is 5.37 Å². The minimum absolute atomic E-state index is 0.0142. The second-order valence-electron chi connectivity index (χ2n) is 7.96. The van der Waals surface area contributed by atoms with E-state index in [1.165, 1.54) is 11.8 Å². The number of nitrogens with zero attached hydrogens (tertiary/aromatic N) is 1. The Morgan fingerprint density at radius 3 is 2.27 bits per heavy atom. The zero-order chi connectivity index (χ0) is 17.0. The van der Waals surface area contributed by atoms with Crippen molar-refractivity contribution in [1.29, 1.82) is 0 Å². The fourth-order valence-electron chi connectivity index (χ4n) is 2.71. The molecule has 0 aromatic heterocycles. The Labute approximate surface area is 138 Å². The van der Waals surface area contributed by atoms with Crippen molar-refractivity contribution in [1.82, 2.24) is 4.90 Å². The summed E-state index contributed by atoms with van der Waals surface area (Å²) in [7, 11) is -1.92. The summed E-state index contributed by atoms with van der Waals surface area (Å²) in [4.78, 5) is 26.3. The Kier molecular flexibility index (Phi) is 4.43. The summed E-state index contributed by atoms with van der Waals surface area (Å²) in [5, 5.41) is 0.0438. The summed E-state index contributed by atoms with van der Waals surface area (Å²) in [6.07, 6.45) is -0.147. The third-order valence-corrected chi connectivity index (χ3v) is 10.7. The molecule has 2 rings (SSSR count). The van der Waals surface area contributed by atoms with Gasteiger partial charge < -0.3 is 4.43 Å². The van der Waals surface area contributed by atoms with Crippen LogP contribution in [0.15, 0.2) is 11.3 Å². The van der Waals surface area contributed by atoms with Crippen LogP contribution in [0, 0.1) is 5.92 Å². The zero-order valence-electron chi connectivity index (χ0n) is 14.8. The molecule has 0 aromatic rings. The lowest BCUT2D eigenvalue weighted by molar-refractivity contribution is -0.152. The number of amides is 1. The maximum Gasteiger partial charge on any atom is 0.237 e. The molecule has 0 aliphatic carbocycles. The lowest BCUT2D eigenvalue weighted by Crippen LogP contribution is -2.61. The molecule has 22 heavy (non-hydrogen) atoms. The van der Waals surface area contributed by atoms with E-state index in [-0.39, 0.29) is 33.5 Å². The van der Waals surface area contributed by atoms with Crippen LogP contribution in [0.3, 0.4) is 0 Å². The van der Waals surface area contributed by atoms with E-state index < -0.39 is 8.32 Å². The van der Waals surface area contributed by atoms with Gasteiger partial charge in [-0.2, -0.15) is 0 Å². The quantitative estimate of drug-likeness (QED) is 0.445. The van der Waals surface area contributed by atoms with E-state index in [4.69, 9.17) is 4.43 Å². The number of carbonyl (C=O) groups is 2. The Morgan fingerprint density at radius 2 is 1.82 bits per heavy atom. The van der Waals surface area contributed by atoms with Crippen molar-refractivity contribution >= 4 is 31.1 Å². The second kappa shape index (κ2) is 5.49. The molecule has 3 atom stereocenters. The summed E-state index contributed by atoms with van der Waals surface area (Å²) in [5.41, 5.74) is 1.49. The van der Waals surface area contributed by atoms with Gasteiger partial charge in [-0.3, -0.25) is 14.5 Å². The Bertz CT molecular complexity index is 546. The van der Waals surface area contributed by atoms with E-state index in [1.54, 1.807) is 4.90 Å². The first-order valence-electron chi connectivity index (χ1n) is 7.78. The van der Waals surface area contributed by atoms with Crippen LogP contribution in [0.1, 0.15) is 41.5 Å². The van der Waals surface area contributed by atoms with E-state index >= 15 is 0 Å². The molecular weight excluding hydrogens is 314 g/mol. The van der Waals surface area contributed by atoms with E-state index in [0.29, 0.717) is 5.70 Å². The Morgan fingerprint density at radius 1 is 1.27 bits per heavy atom. The summed E-state index contributed by atoms with van der Waals surface area (Å²) >= 11 is 1.27. The zero-order valence-corrected chi connectivity index (χ0v) is 16.6. The summed E-state index contributed by atoms with van der Waals surface area (Å²) < 4.78 is 6.37. The van der Waals surface area contributed by atoms with Crippen molar-refractivity contribution < 1.29 is 14.0 Å². The predicted octanol–water partition coefficient (Wildman–Crippen LogP) is 3.75. The van der Waals surface area contributed by atoms with Crippen LogP contribution >= 0.6 is 11.8 Å². The van der Waals surface area contributed by atoms with E-state index in [2.05, 4.69) is 33.9 Å². The van der Waals surface area contributed by atoms with Gasteiger partial charge in [0.2, 0.25) is 11.0 Å². The normalized spacial score (nSPS) is 26.9. The molecule has 0 spiro atoms. The minimum atomic E-state index is -1.92. The number of rotatable bonds is 3. The van der Waals surface area contributed by atoms with Gasteiger partial charge in [0.25, 0.3) is 0 Å². The van der Waals surface area contributed by atoms with Crippen LogP contribution < -0.4 is 0 Å². The summed E-state index contributed by atoms with van der Waals surface area (Å²) in [6.45, 7) is 16.7. The molecule has 1 amide bonds. The molecule has 2 heterocycles. The molecule has 2 fully saturated rings. The largest absolute Gasteiger partial charge is 0.413 e. The van der Waals surface area contributed by atoms with Crippen molar-refractivity contribution in [2.45, 2.75) is 71.2 Å². The molecule has 0 N–H and O–H groups in total. The maximum atomic E-state index is 12.5. The van der Waals surface area contributed by atoms with Crippen LogP contribution in [0.5, 0.6) is 0 Å². The first-order chi connectivity index (χ1) is 9.88. The number of hydrogen-bond acceptors (Lipinski definition) is 4. The van der Waals surface area contributed by atoms with Crippen LogP contribution in [-0.2, 0) is 14.0 Å². The predicted molar refractivity (Wildman–Crippen MR) is 92.8 cm³/mol. The van der Waals surface area contributed by atoms with E-state index in [1.807, 2.05) is 20.8 Å². The van der Waals surface area contributed by atoms with E-state index in [0.717, 1.165) is 5.57 Å². The smallest absolute Gasteiger partial charge is 0.237 e. The van der Waals surface area contributed by atoms with Crippen LogP contribution in [0.4, 0.5) is 0 Å². The van der Waals surface area contributed by atoms with Crippen molar-refractivity contribution in [2.75, 3.05) is 0 Å². The average molecular weight is 342 g/mol. The maximum absolute atomic E-state index is 12.5. The molecule has 0 bridgehead atoms. The van der Waals surface area contributed by atoms with Gasteiger partial charge in [0.15, 0.2) is 8.32 Å². The fourth-order valence-corrected chi connectivity index (χ4v) is 5.57. The van der Waals surface area contributed by atoms with Crippen LogP contribution in [0.25, 0.3) is 0 Å². The molecule has 0 aromatic carbocycles. The highest BCUT2D eigenvalue weighted by molar-refractivity contribution is 8.15. The number of β-lactam (4-membered cyclic amide) rings is 1. The molecule has 2 saturated heterocycles. The molecular formula is C16H27NO3SSi. The van der Waals surface area contributed by atoms with Crippen LogP contribution in [-0.4, -0.2) is 35.7 Å². The topological polar surface area (TPSA) is 46.6 Å². The number of hydrogen-bond donors (Lipinski definition) is 0. The minimum Gasteiger partial charge on any atom is -0.413 e. The molecule has 3 unspecified atom stereocenters.